The number of rotatable bonds is 5. The third kappa shape index (κ3) is 3.33. The van der Waals surface area contributed by atoms with Gasteiger partial charge in [-0.05, 0) is 12.1 Å². The molecule has 21 heavy (non-hydrogen) atoms. The lowest BCUT2D eigenvalue weighted by Crippen LogP contribution is -2.57. The van der Waals surface area contributed by atoms with E-state index in [1.807, 2.05) is 0 Å². The first-order valence-electron chi connectivity index (χ1n) is 6.40. The number of hydrogen-bond acceptors (Lipinski definition) is 5. The SMILES string of the molecule is COc1cc(C(=O)N(C)C2CNC2)cc(OC)c1OC.Cl. The van der Waals surface area contributed by atoms with E-state index in [1.165, 1.54) is 21.3 Å². The highest BCUT2D eigenvalue weighted by Crippen LogP contribution is 2.38. The number of likely N-dealkylation sites (N-methyl/N-ethyl adjacent to an activating group) is 1. The summed E-state index contributed by atoms with van der Waals surface area (Å²) in [6.07, 6.45) is 0. The quantitative estimate of drug-likeness (QED) is 0.884. The van der Waals surface area contributed by atoms with Crippen LogP contribution < -0.4 is 19.5 Å². The number of benzene rings is 1. The zero-order chi connectivity index (χ0) is 14.7. The second-order valence-electron chi connectivity index (χ2n) is 4.64. The molecule has 0 spiro atoms. The molecular formula is C14H21ClN2O4. The van der Waals surface area contributed by atoms with Gasteiger partial charge in [0, 0.05) is 25.7 Å². The highest BCUT2D eigenvalue weighted by molar-refractivity contribution is 5.95. The van der Waals surface area contributed by atoms with Gasteiger partial charge >= 0.3 is 0 Å². The smallest absolute Gasteiger partial charge is 0.254 e. The summed E-state index contributed by atoms with van der Waals surface area (Å²) in [6.45, 7) is 1.65. The molecule has 1 aromatic carbocycles. The molecule has 6 nitrogen and oxygen atoms in total. The van der Waals surface area contributed by atoms with Crippen molar-refractivity contribution in [2.24, 2.45) is 0 Å². The summed E-state index contributed by atoms with van der Waals surface area (Å²) in [5.41, 5.74) is 0.522. The number of nitrogens with one attached hydrogen (secondary N) is 1. The van der Waals surface area contributed by atoms with E-state index in [2.05, 4.69) is 5.32 Å². The summed E-state index contributed by atoms with van der Waals surface area (Å²) in [6, 6.07) is 3.58. The van der Waals surface area contributed by atoms with E-state index in [4.69, 9.17) is 14.2 Å². The molecule has 1 aromatic rings. The number of carbonyl (C=O) groups is 1. The highest BCUT2D eigenvalue weighted by Gasteiger charge is 2.27. The van der Waals surface area contributed by atoms with Gasteiger partial charge in [-0.3, -0.25) is 4.79 Å². The van der Waals surface area contributed by atoms with Crippen molar-refractivity contribution in [3.8, 4) is 17.2 Å². The van der Waals surface area contributed by atoms with Gasteiger partial charge in [0.05, 0.1) is 27.4 Å². The van der Waals surface area contributed by atoms with E-state index in [9.17, 15) is 4.79 Å². The fraction of sp³-hybridized carbons (Fsp3) is 0.500. The fourth-order valence-electron chi connectivity index (χ4n) is 2.12. The Balaban J connectivity index is 0.00000220. The van der Waals surface area contributed by atoms with Crippen LogP contribution in [0.3, 0.4) is 0 Å². The van der Waals surface area contributed by atoms with Crippen molar-refractivity contribution >= 4 is 18.3 Å². The average Bonchev–Trinajstić information content (AvgIpc) is 2.42. The summed E-state index contributed by atoms with van der Waals surface area (Å²) in [7, 11) is 6.40. The van der Waals surface area contributed by atoms with Crippen LogP contribution in [-0.2, 0) is 0 Å². The number of amides is 1. The van der Waals surface area contributed by atoms with Gasteiger partial charge in [-0.1, -0.05) is 0 Å². The minimum atomic E-state index is -0.0595. The van der Waals surface area contributed by atoms with Crippen LogP contribution in [-0.4, -0.2) is 58.3 Å². The maximum absolute atomic E-state index is 12.5. The average molecular weight is 317 g/mol. The molecule has 1 aliphatic heterocycles. The largest absolute Gasteiger partial charge is 0.493 e. The predicted octanol–water partition coefficient (Wildman–Crippen LogP) is 1.18. The molecule has 0 aliphatic carbocycles. The number of nitrogens with zero attached hydrogens (tertiary/aromatic N) is 1. The van der Waals surface area contributed by atoms with Crippen molar-refractivity contribution in [1.29, 1.82) is 0 Å². The first-order valence-corrected chi connectivity index (χ1v) is 6.40. The van der Waals surface area contributed by atoms with Crippen molar-refractivity contribution in [2.75, 3.05) is 41.5 Å². The molecule has 1 amide bonds. The van der Waals surface area contributed by atoms with Crippen molar-refractivity contribution in [2.45, 2.75) is 6.04 Å². The van der Waals surface area contributed by atoms with E-state index >= 15 is 0 Å². The normalized spacial score (nSPS) is 13.7. The standard InChI is InChI=1S/C14H20N2O4.ClH/c1-16(10-7-15-8-10)14(17)9-5-11(18-2)13(20-4)12(6-9)19-3;/h5-6,10,15H,7-8H2,1-4H3;1H. The summed E-state index contributed by atoms with van der Waals surface area (Å²) in [4.78, 5) is 14.2. The number of ether oxygens (including phenoxy) is 3. The van der Waals surface area contributed by atoms with Crippen molar-refractivity contribution in [1.82, 2.24) is 10.2 Å². The Morgan fingerprint density at radius 1 is 1.14 bits per heavy atom. The minimum absolute atomic E-state index is 0. The highest BCUT2D eigenvalue weighted by atomic mass is 35.5. The van der Waals surface area contributed by atoms with Gasteiger partial charge in [-0.15, -0.1) is 12.4 Å². The molecule has 1 N–H and O–H groups in total. The Morgan fingerprint density at radius 2 is 1.67 bits per heavy atom. The number of methoxy groups -OCH3 is 3. The first-order chi connectivity index (χ1) is 9.62. The molecule has 0 atom stereocenters. The molecule has 0 radical (unpaired) electrons. The van der Waals surface area contributed by atoms with Crippen molar-refractivity contribution < 1.29 is 19.0 Å². The van der Waals surface area contributed by atoms with Gasteiger partial charge in [-0.2, -0.15) is 0 Å². The van der Waals surface area contributed by atoms with Crippen LogP contribution in [0.1, 0.15) is 10.4 Å². The van der Waals surface area contributed by atoms with E-state index in [0.29, 0.717) is 22.8 Å². The maximum Gasteiger partial charge on any atom is 0.254 e. The Bertz CT molecular complexity index is 481. The Labute approximate surface area is 130 Å². The second kappa shape index (κ2) is 7.38. The molecule has 0 saturated carbocycles. The lowest BCUT2D eigenvalue weighted by Gasteiger charge is -2.35. The topological polar surface area (TPSA) is 60.0 Å². The van der Waals surface area contributed by atoms with E-state index in [-0.39, 0.29) is 24.4 Å². The Kier molecular flexibility index (Phi) is 6.11. The molecule has 1 aliphatic rings. The van der Waals surface area contributed by atoms with Crippen molar-refractivity contribution in [3.63, 3.8) is 0 Å². The molecule has 1 fully saturated rings. The molecule has 0 unspecified atom stereocenters. The lowest BCUT2D eigenvalue weighted by molar-refractivity contribution is 0.0680. The van der Waals surface area contributed by atoms with Gasteiger partial charge in [0.2, 0.25) is 5.75 Å². The van der Waals surface area contributed by atoms with E-state index in [1.54, 1.807) is 24.1 Å². The zero-order valence-electron chi connectivity index (χ0n) is 12.6. The predicted molar refractivity (Wildman–Crippen MR) is 82.1 cm³/mol. The molecule has 0 bridgehead atoms. The Hall–Kier alpha value is -1.66. The first kappa shape index (κ1) is 17.4. The fourth-order valence-corrected chi connectivity index (χ4v) is 2.12. The van der Waals surface area contributed by atoms with Crippen LogP contribution >= 0.6 is 12.4 Å². The Morgan fingerprint density at radius 3 is 2.00 bits per heavy atom. The number of halogens is 1. The molecule has 0 aromatic heterocycles. The van der Waals surface area contributed by atoms with Crippen LogP contribution in [0.15, 0.2) is 12.1 Å². The zero-order valence-corrected chi connectivity index (χ0v) is 13.5. The molecule has 1 heterocycles. The summed E-state index contributed by atoms with van der Waals surface area (Å²) >= 11 is 0. The molecule has 118 valence electrons. The van der Waals surface area contributed by atoms with Crippen LogP contribution in [0.4, 0.5) is 0 Å². The lowest BCUT2D eigenvalue weighted by atomic mass is 10.1. The van der Waals surface area contributed by atoms with Crippen molar-refractivity contribution in [3.05, 3.63) is 17.7 Å². The molecule has 7 heteroatoms. The maximum atomic E-state index is 12.5. The number of hydrogen-bond donors (Lipinski definition) is 1. The van der Waals surface area contributed by atoms with Crippen LogP contribution in [0.25, 0.3) is 0 Å². The summed E-state index contributed by atoms with van der Waals surface area (Å²) in [5, 5.41) is 3.15. The third-order valence-corrected chi connectivity index (χ3v) is 3.54. The summed E-state index contributed by atoms with van der Waals surface area (Å²) in [5.74, 6) is 1.39. The summed E-state index contributed by atoms with van der Waals surface area (Å²) < 4.78 is 15.8. The molecule has 2 rings (SSSR count). The van der Waals surface area contributed by atoms with Crippen LogP contribution in [0.5, 0.6) is 17.2 Å². The minimum Gasteiger partial charge on any atom is -0.493 e. The van der Waals surface area contributed by atoms with Gasteiger partial charge in [0.15, 0.2) is 11.5 Å². The van der Waals surface area contributed by atoms with E-state index in [0.717, 1.165) is 13.1 Å². The van der Waals surface area contributed by atoms with Gasteiger partial charge < -0.3 is 24.4 Å². The molecular weight excluding hydrogens is 296 g/mol. The van der Waals surface area contributed by atoms with Gasteiger partial charge in [0.25, 0.3) is 5.91 Å². The van der Waals surface area contributed by atoms with Crippen LogP contribution in [0, 0.1) is 0 Å². The van der Waals surface area contributed by atoms with Gasteiger partial charge in [0.1, 0.15) is 0 Å². The molecule has 1 saturated heterocycles. The third-order valence-electron chi connectivity index (χ3n) is 3.54. The number of carbonyl (C=O) groups excluding carboxylic acids is 1. The van der Waals surface area contributed by atoms with E-state index < -0.39 is 0 Å². The monoisotopic (exact) mass is 316 g/mol. The second-order valence-corrected chi connectivity index (χ2v) is 4.64. The van der Waals surface area contributed by atoms with Crippen LogP contribution in [0.2, 0.25) is 0 Å². The van der Waals surface area contributed by atoms with Gasteiger partial charge in [-0.25, -0.2) is 0 Å².